The van der Waals surface area contributed by atoms with Gasteiger partial charge in [-0.3, -0.25) is 9.58 Å². The summed E-state index contributed by atoms with van der Waals surface area (Å²) < 4.78 is 1.93. The van der Waals surface area contributed by atoms with Gasteiger partial charge in [0.05, 0.1) is 11.2 Å². The maximum absolute atomic E-state index is 11.5. The van der Waals surface area contributed by atoms with Gasteiger partial charge in [-0.05, 0) is 32.3 Å². The number of fused-ring (bicyclic) bond motifs is 1. The minimum Gasteiger partial charge on any atom is -0.465 e. The van der Waals surface area contributed by atoms with Crippen molar-refractivity contribution < 1.29 is 9.90 Å². The first-order valence-electron chi connectivity index (χ1n) is 7.65. The van der Waals surface area contributed by atoms with Crippen molar-refractivity contribution in [1.29, 1.82) is 0 Å². The number of carboxylic acid groups (broad SMARTS) is 1. The fourth-order valence-corrected chi connectivity index (χ4v) is 2.82. The van der Waals surface area contributed by atoms with E-state index in [0.29, 0.717) is 18.5 Å². The Bertz CT molecular complexity index is 745. The van der Waals surface area contributed by atoms with Crippen molar-refractivity contribution in [2.24, 2.45) is 5.92 Å². The number of amides is 1. The molecule has 0 radical (unpaired) electrons. The standard InChI is InChI=1S/C17H21N3O2/c1-11(2)20-10-14-6-5-13(8-15(14)18-20)16-7-4-12(3)9-19(16)17(21)22/h5-8,10-12H,4,9H2,1-3H3,(H,21,22). The molecule has 2 aromatic rings. The highest BCUT2D eigenvalue weighted by Gasteiger charge is 2.24. The Hall–Kier alpha value is -2.30. The normalized spacial score (nSPS) is 18.8. The van der Waals surface area contributed by atoms with Gasteiger partial charge in [0.1, 0.15) is 0 Å². The topological polar surface area (TPSA) is 58.4 Å². The first-order valence-corrected chi connectivity index (χ1v) is 7.65. The first kappa shape index (κ1) is 14.6. The molecule has 1 aromatic carbocycles. The fraction of sp³-hybridized carbons (Fsp3) is 0.412. The minimum absolute atomic E-state index is 0.307. The van der Waals surface area contributed by atoms with Gasteiger partial charge >= 0.3 is 6.09 Å². The number of aromatic nitrogens is 2. The molecule has 1 unspecified atom stereocenters. The largest absolute Gasteiger partial charge is 0.465 e. The van der Waals surface area contributed by atoms with Crippen molar-refractivity contribution in [2.75, 3.05) is 6.54 Å². The molecular formula is C17H21N3O2. The Morgan fingerprint density at radius 1 is 1.41 bits per heavy atom. The summed E-state index contributed by atoms with van der Waals surface area (Å²) >= 11 is 0. The molecule has 5 heteroatoms. The van der Waals surface area contributed by atoms with Crippen LogP contribution in [-0.4, -0.2) is 32.4 Å². The highest BCUT2D eigenvalue weighted by atomic mass is 16.4. The van der Waals surface area contributed by atoms with Gasteiger partial charge in [0.25, 0.3) is 0 Å². The molecule has 1 aliphatic rings. The van der Waals surface area contributed by atoms with Crippen LogP contribution in [-0.2, 0) is 0 Å². The number of allylic oxidation sites excluding steroid dienone is 1. The van der Waals surface area contributed by atoms with Crippen LogP contribution in [0, 0.1) is 5.92 Å². The van der Waals surface area contributed by atoms with E-state index < -0.39 is 6.09 Å². The molecule has 1 aliphatic heterocycles. The molecule has 1 aromatic heterocycles. The molecule has 116 valence electrons. The van der Waals surface area contributed by atoms with Gasteiger partial charge in [-0.2, -0.15) is 5.10 Å². The quantitative estimate of drug-likeness (QED) is 0.912. The number of nitrogens with zero attached hydrogens (tertiary/aromatic N) is 3. The average Bonchev–Trinajstić information content (AvgIpc) is 2.90. The van der Waals surface area contributed by atoms with Crippen molar-refractivity contribution in [3.05, 3.63) is 36.0 Å². The van der Waals surface area contributed by atoms with E-state index in [2.05, 4.69) is 25.9 Å². The Morgan fingerprint density at radius 3 is 2.86 bits per heavy atom. The average molecular weight is 299 g/mol. The monoisotopic (exact) mass is 299 g/mol. The van der Waals surface area contributed by atoms with E-state index in [9.17, 15) is 9.90 Å². The second-order valence-corrected chi connectivity index (χ2v) is 6.30. The zero-order valence-corrected chi connectivity index (χ0v) is 13.2. The number of benzene rings is 1. The van der Waals surface area contributed by atoms with Crippen LogP contribution < -0.4 is 0 Å². The van der Waals surface area contributed by atoms with Crippen LogP contribution >= 0.6 is 0 Å². The number of hydrogen-bond acceptors (Lipinski definition) is 2. The molecule has 1 N–H and O–H groups in total. The smallest absolute Gasteiger partial charge is 0.411 e. The maximum Gasteiger partial charge on any atom is 0.411 e. The van der Waals surface area contributed by atoms with Gasteiger partial charge < -0.3 is 5.11 Å². The van der Waals surface area contributed by atoms with Gasteiger partial charge in [0.15, 0.2) is 0 Å². The summed E-state index contributed by atoms with van der Waals surface area (Å²) in [5.74, 6) is 0.351. The van der Waals surface area contributed by atoms with Crippen LogP contribution in [0.5, 0.6) is 0 Å². The Labute approximate surface area is 129 Å². The minimum atomic E-state index is -0.898. The molecule has 1 atom stereocenters. The molecule has 0 fully saturated rings. The maximum atomic E-state index is 11.5. The predicted molar refractivity (Wildman–Crippen MR) is 86.6 cm³/mol. The van der Waals surface area contributed by atoms with Crippen LogP contribution in [0.1, 0.15) is 38.8 Å². The van der Waals surface area contributed by atoms with Crippen LogP contribution in [0.3, 0.4) is 0 Å². The number of carbonyl (C=O) groups is 1. The third-order valence-corrected chi connectivity index (χ3v) is 4.08. The first-order chi connectivity index (χ1) is 10.5. The van der Waals surface area contributed by atoms with Crippen molar-refractivity contribution >= 4 is 22.7 Å². The van der Waals surface area contributed by atoms with E-state index >= 15 is 0 Å². The molecule has 2 heterocycles. The lowest BCUT2D eigenvalue weighted by Crippen LogP contribution is -2.34. The Kier molecular flexibility index (Phi) is 3.64. The molecule has 1 amide bonds. The van der Waals surface area contributed by atoms with Crippen molar-refractivity contribution in [2.45, 2.75) is 33.2 Å². The zero-order chi connectivity index (χ0) is 15.9. The molecule has 0 spiro atoms. The van der Waals surface area contributed by atoms with E-state index in [1.165, 1.54) is 4.90 Å². The lowest BCUT2D eigenvalue weighted by Gasteiger charge is -2.29. The summed E-state index contributed by atoms with van der Waals surface area (Å²) in [6.45, 7) is 6.78. The third-order valence-electron chi connectivity index (χ3n) is 4.08. The second-order valence-electron chi connectivity index (χ2n) is 6.30. The van der Waals surface area contributed by atoms with Gasteiger partial charge in [0.2, 0.25) is 0 Å². The Morgan fingerprint density at radius 2 is 2.18 bits per heavy atom. The molecular weight excluding hydrogens is 278 g/mol. The number of hydrogen-bond donors (Lipinski definition) is 1. The van der Waals surface area contributed by atoms with Crippen molar-refractivity contribution in [3.8, 4) is 0 Å². The SMILES string of the molecule is CC1CC=C(c2ccc3cn(C(C)C)nc3c2)N(C(=O)O)C1. The van der Waals surface area contributed by atoms with Gasteiger partial charge in [-0.15, -0.1) is 0 Å². The Balaban J connectivity index is 2.03. The summed E-state index contributed by atoms with van der Waals surface area (Å²) in [5.41, 5.74) is 2.58. The second kappa shape index (κ2) is 5.48. The van der Waals surface area contributed by atoms with E-state index in [1.54, 1.807) is 0 Å². The molecule has 0 saturated heterocycles. The summed E-state index contributed by atoms with van der Waals surface area (Å²) in [6.07, 6.45) is 4.04. The van der Waals surface area contributed by atoms with Crippen LogP contribution in [0.4, 0.5) is 4.79 Å². The summed E-state index contributed by atoms with van der Waals surface area (Å²) in [6, 6.07) is 6.27. The summed E-state index contributed by atoms with van der Waals surface area (Å²) in [4.78, 5) is 12.9. The molecule has 22 heavy (non-hydrogen) atoms. The van der Waals surface area contributed by atoms with Crippen molar-refractivity contribution in [1.82, 2.24) is 14.7 Å². The van der Waals surface area contributed by atoms with E-state index in [-0.39, 0.29) is 0 Å². The molecule has 0 bridgehead atoms. The molecule has 0 aliphatic carbocycles. The van der Waals surface area contributed by atoms with Crippen LogP contribution in [0.25, 0.3) is 16.6 Å². The van der Waals surface area contributed by atoms with Gasteiger partial charge in [-0.25, -0.2) is 4.79 Å². The molecule has 0 saturated carbocycles. The van der Waals surface area contributed by atoms with Crippen LogP contribution in [0.15, 0.2) is 30.5 Å². The van der Waals surface area contributed by atoms with Gasteiger partial charge in [-0.1, -0.05) is 25.1 Å². The third kappa shape index (κ3) is 2.58. The van der Waals surface area contributed by atoms with E-state index in [4.69, 9.17) is 0 Å². The highest BCUT2D eigenvalue weighted by molar-refractivity contribution is 5.86. The fourth-order valence-electron chi connectivity index (χ4n) is 2.82. The van der Waals surface area contributed by atoms with E-state index in [1.807, 2.05) is 35.2 Å². The van der Waals surface area contributed by atoms with E-state index in [0.717, 1.165) is 28.6 Å². The zero-order valence-electron chi connectivity index (χ0n) is 13.2. The lowest BCUT2D eigenvalue weighted by molar-refractivity contribution is 0.159. The molecule has 3 rings (SSSR count). The predicted octanol–water partition coefficient (Wildman–Crippen LogP) is 3.98. The lowest BCUT2D eigenvalue weighted by atomic mass is 9.98. The van der Waals surface area contributed by atoms with Crippen LogP contribution in [0.2, 0.25) is 0 Å². The van der Waals surface area contributed by atoms with Gasteiger partial charge in [0, 0.05) is 29.7 Å². The summed E-state index contributed by atoms with van der Waals surface area (Å²) in [7, 11) is 0. The van der Waals surface area contributed by atoms with Crippen molar-refractivity contribution in [3.63, 3.8) is 0 Å². The summed E-state index contributed by atoms with van der Waals surface area (Å²) in [5, 5.41) is 15.1. The molecule has 5 nitrogen and oxygen atoms in total. The highest BCUT2D eigenvalue weighted by Crippen LogP contribution is 2.29. The number of rotatable bonds is 2.